The van der Waals surface area contributed by atoms with Crippen molar-refractivity contribution in [2.24, 2.45) is 5.92 Å². The van der Waals surface area contributed by atoms with E-state index >= 15 is 0 Å². The predicted molar refractivity (Wildman–Crippen MR) is 97.8 cm³/mol. The van der Waals surface area contributed by atoms with E-state index in [0.29, 0.717) is 19.4 Å². The van der Waals surface area contributed by atoms with E-state index in [0.717, 1.165) is 11.3 Å². The van der Waals surface area contributed by atoms with Crippen LogP contribution in [0.5, 0.6) is 0 Å². The molecule has 1 fully saturated rings. The highest BCUT2D eigenvalue weighted by molar-refractivity contribution is 7.91. The average Bonchev–Trinajstić information content (AvgIpc) is 2.84. The van der Waals surface area contributed by atoms with E-state index < -0.39 is 9.84 Å². The highest BCUT2D eigenvalue weighted by Crippen LogP contribution is 2.23. The Morgan fingerprint density at radius 3 is 2.29 bits per heavy atom. The minimum Gasteiger partial charge on any atom is -0.378 e. The average molecular weight is 353 g/mol. The largest absolute Gasteiger partial charge is 0.378 e. The molecule has 24 heavy (non-hydrogen) atoms. The summed E-state index contributed by atoms with van der Waals surface area (Å²) in [5.41, 5.74) is 2.13. The van der Waals surface area contributed by atoms with Gasteiger partial charge in [0.2, 0.25) is 5.91 Å². The van der Waals surface area contributed by atoms with Crippen LogP contribution < -0.4 is 4.90 Å². The van der Waals surface area contributed by atoms with Crippen LogP contribution in [0.3, 0.4) is 0 Å². The number of hydrogen-bond acceptors (Lipinski definition) is 4. The fourth-order valence-electron chi connectivity index (χ4n) is 3.00. The van der Waals surface area contributed by atoms with Gasteiger partial charge in [-0.25, -0.2) is 8.42 Å². The van der Waals surface area contributed by atoms with Crippen molar-refractivity contribution in [1.29, 1.82) is 0 Å². The van der Waals surface area contributed by atoms with Crippen molar-refractivity contribution in [3.05, 3.63) is 29.8 Å². The molecule has 5 nitrogen and oxygen atoms in total. The molecule has 1 aromatic carbocycles. The lowest BCUT2D eigenvalue weighted by molar-refractivity contribution is -0.134. The van der Waals surface area contributed by atoms with Crippen LogP contribution in [-0.2, 0) is 21.2 Å². The van der Waals surface area contributed by atoms with Gasteiger partial charge in [0.1, 0.15) is 0 Å². The van der Waals surface area contributed by atoms with E-state index in [9.17, 15) is 13.2 Å². The van der Waals surface area contributed by atoms with Gasteiger partial charge in [-0.3, -0.25) is 4.79 Å². The maximum Gasteiger partial charge on any atom is 0.223 e. The summed E-state index contributed by atoms with van der Waals surface area (Å²) in [6, 6.07) is 7.86. The van der Waals surface area contributed by atoms with Gasteiger partial charge in [0.05, 0.1) is 11.5 Å². The van der Waals surface area contributed by atoms with Crippen molar-refractivity contribution in [3.63, 3.8) is 0 Å². The van der Waals surface area contributed by atoms with Crippen LogP contribution in [0, 0.1) is 5.92 Å². The van der Waals surface area contributed by atoms with Gasteiger partial charge >= 0.3 is 0 Å². The SMILES string of the molecule is CC(C)CC(=O)N(Cc1ccc(N(C)C)cc1)C1CCS(=O)(=O)C1. The van der Waals surface area contributed by atoms with Crippen molar-refractivity contribution in [2.75, 3.05) is 30.5 Å². The third kappa shape index (κ3) is 4.97. The second-order valence-corrected chi connectivity index (χ2v) is 9.47. The summed E-state index contributed by atoms with van der Waals surface area (Å²) in [6.07, 6.45) is 0.994. The third-order valence-electron chi connectivity index (χ3n) is 4.36. The first-order valence-electron chi connectivity index (χ1n) is 8.44. The zero-order valence-electron chi connectivity index (χ0n) is 15.0. The molecule has 134 valence electrons. The molecular formula is C18H28N2O3S. The Kier molecular flexibility index (Phi) is 5.91. The molecule has 0 radical (unpaired) electrons. The predicted octanol–water partition coefficient (Wildman–Crippen LogP) is 2.31. The third-order valence-corrected chi connectivity index (χ3v) is 6.11. The number of rotatable bonds is 6. The van der Waals surface area contributed by atoms with Crippen LogP contribution in [-0.4, -0.2) is 50.9 Å². The molecule has 0 aromatic heterocycles. The molecule has 1 unspecified atom stereocenters. The monoisotopic (exact) mass is 352 g/mol. The van der Waals surface area contributed by atoms with Gasteiger partial charge in [-0.15, -0.1) is 0 Å². The molecule has 0 bridgehead atoms. The minimum atomic E-state index is -3.01. The second-order valence-electron chi connectivity index (χ2n) is 7.24. The molecule has 0 saturated carbocycles. The van der Waals surface area contributed by atoms with Gasteiger partial charge in [-0.2, -0.15) is 0 Å². The quantitative estimate of drug-likeness (QED) is 0.788. The van der Waals surface area contributed by atoms with E-state index in [4.69, 9.17) is 0 Å². The van der Waals surface area contributed by atoms with Gasteiger partial charge in [-0.05, 0) is 30.0 Å². The number of sulfone groups is 1. The number of hydrogen-bond donors (Lipinski definition) is 0. The highest BCUT2D eigenvalue weighted by Gasteiger charge is 2.34. The van der Waals surface area contributed by atoms with Crippen LogP contribution in [0.4, 0.5) is 5.69 Å². The van der Waals surface area contributed by atoms with Crippen LogP contribution in [0.25, 0.3) is 0 Å². The lowest BCUT2D eigenvalue weighted by Crippen LogP contribution is -2.41. The summed E-state index contributed by atoms with van der Waals surface area (Å²) in [4.78, 5) is 16.4. The molecule has 0 spiro atoms. The zero-order chi connectivity index (χ0) is 17.9. The lowest BCUT2D eigenvalue weighted by Gasteiger charge is -2.29. The molecule has 1 heterocycles. The minimum absolute atomic E-state index is 0.0452. The molecule has 2 rings (SSSR count). The fourth-order valence-corrected chi connectivity index (χ4v) is 4.74. The van der Waals surface area contributed by atoms with E-state index in [2.05, 4.69) is 0 Å². The van der Waals surface area contributed by atoms with Crippen LogP contribution in [0.2, 0.25) is 0 Å². The second kappa shape index (κ2) is 7.55. The molecule has 1 amide bonds. The van der Waals surface area contributed by atoms with Crippen molar-refractivity contribution in [3.8, 4) is 0 Å². The number of anilines is 1. The first-order valence-corrected chi connectivity index (χ1v) is 10.3. The Labute approximate surface area is 145 Å². The summed E-state index contributed by atoms with van der Waals surface area (Å²) < 4.78 is 23.6. The maximum absolute atomic E-state index is 12.7. The number of nitrogens with zero attached hydrogens (tertiary/aromatic N) is 2. The molecule has 0 aliphatic carbocycles. The first kappa shape index (κ1) is 18.8. The van der Waals surface area contributed by atoms with Crippen LogP contribution >= 0.6 is 0 Å². The van der Waals surface area contributed by atoms with Crippen molar-refractivity contribution >= 4 is 21.4 Å². The number of benzene rings is 1. The van der Waals surface area contributed by atoms with Gasteiger partial charge < -0.3 is 9.80 Å². The molecule has 6 heteroatoms. The van der Waals surface area contributed by atoms with Crippen LogP contribution in [0.1, 0.15) is 32.3 Å². The number of amides is 1. The van der Waals surface area contributed by atoms with Crippen molar-refractivity contribution in [2.45, 2.75) is 39.3 Å². The molecule has 1 aromatic rings. The Hall–Kier alpha value is -1.56. The summed E-state index contributed by atoms with van der Waals surface area (Å²) in [5.74, 6) is 0.577. The Bertz CT molecular complexity index is 666. The summed E-state index contributed by atoms with van der Waals surface area (Å²) in [7, 11) is 0.953. The fraction of sp³-hybridized carbons (Fsp3) is 0.611. The van der Waals surface area contributed by atoms with E-state index in [1.54, 1.807) is 4.90 Å². The van der Waals surface area contributed by atoms with Crippen molar-refractivity contribution in [1.82, 2.24) is 4.90 Å². The molecule has 1 aliphatic rings. The molecule has 1 aliphatic heterocycles. The molecule has 1 atom stereocenters. The lowest BCUT2D eigenvalue weighted by atomic mass is 10.1. The molecule has 0 N–H and O–H groups in total. The molecular weight excluding hydrogens is 324 g/mol. The standard InChI is InChI=1S/C18H28N2O3S/c1-14(2)11-18(21)20(17-9-10-24(22,23)13-17)12-15-5-7-16(8-6-15)19(3)4/h5-8,14,17H,9-13H2,1-4H3. The normalized spacial score (nSPS) is 19.5. The maximum atomic E-state index is 12.7. The summed E-state index contributed by atoms with van der Waals surface area (Å²) in [6.45, 7) is 4.49. The molecule has 1 saturated heterocycles. The van der Waals surface area contributed by atoms with E-state index in [-0.39, 0.29) is 29.4 Å². The zero-order valence-corrected chi connectivity index (χ0v) is 15.8. The smallest absolute Gasteiger partial charge is 0.223 e. The Morgan fingerprint density at radius 2 is 1.83 bits per heavy atom. The topological polar surface area (TPSA) is 57.7 Å². The Balaban J connectivity index is 2.17. The summed E-state index contributed by atoms with van der Waals surface area (Å²) in [5, 5.41) is 0. The van der Waals surface area contributed by atoms with E-state index in [1.807, 2.05) is 57.1 Å². The van der Waals surface area contributed by atoms with Gasteiger partial charge in [0.25, 0.3) is 0 Å². The van der Waals surface area contributed by atoms with Gasteiger partial charge in [0.15, 0.2) is 9.84 Å². The first-order chi connectivity index (χ1) is 11.2. The van der Waals surface area contributed by atoms with E-state index in [1.165, 1.54) is 0 Å². The van der Waals surface area contributed by atoms with Crippen molar-refractivity contribution < 1.29 is 13.2 Å². The number of carbonyl (C=O) groups is 1. The highest BCUT2D eigenvalue weighted by atomic mass is 32.2. The van der Waals surface area contributed by atoms with Crippen LogP contribution in [0.15, 0.2) is 24.3 Å². The Morgan fingerprint density at radius 1 is 1.21 bits per heavy atom. The van der Waals surface area contributed by atoms with Gasteiger partial charge in [0, 0.05) is 38.8 Å². The number of carbonyl (C=O) groups excluding carboxylic acids is 1. The summed E-state index contributed by atoms with van der Waals surface area (Å²) >= 11 is 0. The van der Waals surface area contributed by atoms with Gasteiger partial charge in [-0.1, -0.05) is 26.0 Å².